The van der Waals surface area contributed by atoms with Crippen LogP contribution in [0, 0.1) is 0 Å². The minimum atomic E-state index is -0.504. The van der Waals surface area contributed by atoms with Gasteiger partial charge in [0.2, 0.25) is 0 Å². The van der Waals surface area contributed by atoms with Crippen molar-refractivity contribution < 1.29 is 9.59 Å². The Hall–Kier alpha value is -1.95. The topological polar surface area (TPSA) is 64.7 Å². The highest BCUT2D eigenvalue weighted by molar-refractivity contribution is 6.31. The van der Waals surface area contributed by atoms with Crippen molar-refractivity contribution in [2.24, 2.45) is 0 Å². The van der Waals surface area contributed by atoms with Crippen molar-refractivity contribution in [1.29, 1.82) is 0 Å². The van der Waals surface area contributed by atoms with Crippen LogP contribution in [-0.2, 0) is 4.79 Å². The van der Waals surface area contributed by atoms with E-state index in [1.807, 2.05) is 18.2 Å². The van der Waals surface area contributed by atoms with Gasteiger partial charge in [-0.05, 0) is 44.4 Å². The van der Waals surface area contributed by atoms with Gasteiger partial charge < -0.3 is 15.5 Å². The van der Waals surface area contributed by atoms with Gasteiger partial charge in [-0.25, -0.2) is 4.79 Å². The van der Waals surface area contributed by atoms with Gasteiger partial charge in [-0.3, -0.25) is 9.69 Å². The van der Waals surface area contributed by atoms with E-state index in [0.29, 0.717) is 18.1 Å². The molecule has 1 aromatic rings. The summed E-state index contributed by atoms with van der Waals surface area (Å²) < 4.78 is 0. The Kier molecular flexibility index (Phi) is 5.14. The molecule has 6 nitrogen and oxygen atoms in total. The normalized spacial score (nSPS) is 19.2. The number of hydrogen-bond donors (Lipinski definition) is 2. The second-order valence-corrected chi connectivity index (χ2v) is 6.73. The number of amides is 3. The summed E-state index contributed by atoms with van der Waals surface area (Å²) in [7, 11) is 0. The summed E-state index contributed by atoms with van der Waals surface area (Å²) in [5.41, 5.74) is 1.90. The lowest BCUT2D eigenvalue weighted by Gasteiger charge is -2.31. The van der Waals surface area contributed by atoms with Gasteiger partial charge in [0, 0.05) is 31.2 Å². The average Bonchev–Trinajstić information content (AvgIpc) is 3.01. The van der Waals surface area contributed by atoms with Gasteiger partial charge in [0.05, 0.1) is 11.4 Å². The molecule has 130 valence electrons. The third-order valence-electron chi connectivity index (χ3n) is 4.52. The Balaban J connectivity index is 1.76. The van der Waals surface area contributed by atoms with Crippen LogP contribution in [0.3, 0.4) is 0 Å². The van der Waals surface area contributed by atoms with Gasteiger partial charge in [-0.2, -0.15) is 0 Å². The van der Waals surface area contributed by atoms with E-state index in [4.69, 9.17) is 11.6 Å². The molecule has 2 N–H and O–H groups in total. The summed E-state index contributed by atoms with van der Waals surface area (Å²) in [4.78, 5) is 27.7. The zero-order valence-electron chi connectivity index (χ0n) is 13.8. The number of hydrogen-bond acceptors (Lipinski definition) is 4. The van der Waals surface area contributed by atoms with E-state index in [1.165, 1.54) is 24.2 Å². The summed E-state index contributed by atoms with van der Waals surface area (Å²) in [6.07, 6.45) is 3.60. The molecule has 0 bridgehead atoms. The van der Waals surface area contributed by atoms with Crippen molar-refractivity contribution in [3.8, 4) is 0 Å². The number of rotatable bonds is 4. The molecule has 7 heteroatoms. The maximum atomic E-state index is 12.5. The summed E-state index contributed by atoms with van der Waals surface area (Å²) in [6, 6.07) is 4.89. The van der Waals surface area contributed by atoms with Gasteiger partial charge in [0.1, 0.15) is 6.04 Å². The molecule has 2 fully saturated rings. The highest BCUT2D eigenvalue weighted by atomic mass is 35.5. The third-order valence-corrected chi connectivity index (χ3v) is 4.76. The smallest absolute Gasteiger partial charge is 0.324 e. The molecule has 0 spiro atoms. The van der Waals surface area contributed by atoms with Gasteiger partial charge in [-0.1, -0.05) is 11.6 Å². The van der Waals surface area contributed by atoms with Crippen LogP contribution < -0.4 is 15.5 Å². The van der Waals surface area contributed by atoms with E-state index in [-0.39, 0.29) is 11.9 Å². The van der Waals surface area contributed by atoms with Crippen LogP contribution in [0.25, 0.3) is 0 Å². The molecule has 24 heavy (non-hydrogen) atoms. The fraction of sp³-hybridized carbons (Fsp3) is 0.529. The summed E-state index contributed by atoms with van der Waals surface area (Å²) in [5.74, 6) is -0.227. The third kappa shape index (κ3) is 3.59. The van der Waals surface area contributed by atoms with E-state index in [0.717, 1.165) is 24.5 Å². The molecule has 0 radical (unpaired) electrons. The number of carbonyl (C=O) groups excluding carboxylic acids is 2. The highest BCUT2D eigenvalue weighted by Crippen LogP contribution is 2.31. The Morgan fingerprint density at radius 1 is 1.25 bits per heavy atom. The molecule has 2 aliphatic rings. The van der Waals surface area contributed by atoms with Gasteiger partial charge in [-0.15, -0.1) is 0 Å². The predicted molar refractivity (Wildman–Crippen MR) is 95.7 cm³/mol. The van der Waals surface area contributed by atoms with Crippen LogP contribution >= 0.6 is 11.6 Å². The molecule has 0 aliphatic carbocycles. The summed E-state index contributed by atoms with van der Waals surface area (Å²) in [6.45, 7) is 4.71. The van der Waals surface area contributed by atoms with Crippen LogP contribution in [0.4, 0.5) is 16.2 Å². The average molecular weight is 351 g/mol. The molecular formula is C17H23ClN4O2. The predicted octanol–water partition coefficient (Wildman–Crippen LogP) is 2.68. The lowest BCUT2D eigenvalue weighted by Crippen LogP contribution is -2.43. The number of anilines is 2. The maximum absolute atomic E-state index is 12.5. The number of benzene rings is 1. The summed E-state index contributed by atoms with van der Waals surface area (Å²) in [5, 5.41) is 6.52. The zero-order chi connectivity index (χ0) is 17.1. The first-order chi connectivity index (χ1) is 11.6. The molecule has 3 amide bonds. The first-order valence-corrected chi connectivity index (χ1v) is 8.84. The van der Waals surface area contributed by atoms with Crippen LogP contribution in [0.15, 0.2) is 18.2 Å². The van der Waals surface area contributed by atoms with Gasteiger partial charge >= 0.3 is 6.03 Å². The minimum Gasteiger partial charge on any atom is -0.372 e. The number of nitrogens with one attached hydrogen (secondary N) is 2. The number of halogens is 1. The first kappa shape index (κ1) is 16.9. The van der Waals surface area contributed by atoms with Crippen LogP contribution in [0.5, 0.6) is 0 Å². The van der Waals surface area contributed by atoms with E-state index in [2.05, 4.69) is 15.5 Å². The Morgan fingerprint density at radius 3 is 2.67 bits per heavy atom. The van der Waals surface area contributed by atoms with Crippen molar-refractivity contribution in [2.45, 2.75) is 32.2 Å². The van der Waals surface area contributed by atoms with E-state index >= 15 is 0 Å². The van der Waals surface area contributed by atoms with Crippen molar-refractivity contribution in [3.63, 3.8) is 0 Å². The Labute approximate surface area is 147 Å². The van der Waals surface area contributed by atoms with E-state index < -0.39 is 6.04 Å². The number of imide groups is 1. The largest absolute Gasteiger partial charge is 0.372 e. The number of nitrogens with zero attached hydrogens (tertiary/aromatic N) is 2. The SMILES string of the molecule is C[C@@H](Nc1cc(Cl)ccc1N1CCCCC1)C(=O)N1CCNC1=O. The molecule has 2 heterocycles. The highest BCUT2D eigenvalue weighted by Gasteiger charge is 2.30. The Morgan fingerprint density at radius 2 is 2.00 bits per heavy atom. The quantitative estimate of drug-likeness (QED) is 0.876. The number of piperidine rings is 1. The molecule has 3 rings (SSSR count). The second kappa shape index (κ2) is 7.30. The number of urea groups is 1. The molecule has 0 unspecified atom stereocenters. The first-order valence-electron chi connectivity index (χ1n) is 8.46. The maximum Gasteiger partial charge on any atom is 0.324 e. The standard InChI is InChI=1S/C17H23ClN4O2/c1-12(16(23)22-10-7-19-17(22)24)20-14-11-13(18)5-6-15(14)21-8-3-2-4-9-21/h5-6,11-12,20H,2-4,7-10H2,1H3,(H,19,24)/t12-/m1/s1. The molecule has 2 saturated heterocycles. The van der Waals surface area contributed by atoms with Crippen LogP contribution in [0.1, 0.15) is 26.2 Å². The molecule has 0 saturated carbocycles. The van der Waals surface area contributed by atoms with Crippen molar-refractivity contribution in [1.82, 2.24) is 10.2 Å². The molecule has 1 atom stereocenters. The lowest BCUT2D eigenvalue weighted by molar-refractivity contribution is -0.128. The Bertz CT molecular complexity index is 631. The second-order valence-electron chi connectivity index (χ2n) is 6.30. The molecule has 2 aliphatic heterocycles. The fourth-order valence-corrected chi connectivity index (χ4v) is 3.42. The van der Waals surface area contributed by atoms with E-state index in [1.54, 1.807) is 6.92 Å². The van der Waals surface area contributed by atoms with Gasteiger partial charge in [0.15, 0.2) is 0 Å². The van der Waals surface area contributed by atoms with Crippen LogP contribution in [-0.4, -0.2) is 49.1 Å². The minimum absolute atomic E-state index is 0.227. The molecule has 0 aromatic heterocycles. The zero-order valence-corrected chi connectivity index (χ0v) is 14.6. The summed E-state index contributed by atoms with van der Waals surface area (Å²) >= 11 is 6.15. The van der Waals surface area contributed by atoms with Crippen molar-refractivity contribution in [2.75, 3.05) is 36.4 Å². The van der Waals surface area contributed by atoms with Gasteiger partial charge in [0.25, 0.3) is 5.91 Å². The lowest BCUT2D eigenvalue weighted by atomic mass is 10.1. The molecular weight excluding hydrogens is 328 g/mol. The number of carbonyl (C=O) groups is 2. The van der Waals surface area contributed by atoms with Crippen molar-refractivity contribution >= 4 is 34.9 Å². The van der Waals surface area contributed by atoms with Crippen LogP contribution in [0.2, 0.25) is 5.02 Å². The van der Waals surface area contributed by atoms with E-state index in [9.17, 15) is 9.59 Å². The fourth-order valence-electron chi connectivity index (χ4n) is 3.25. The monoisotopic (exact) mass is 350 g/mol. The molecule has 1 aromatic carbocycles. The van der Waals surface area contributed by atoms with Crippen molar-refractivity contribution in [3.05, 3.63) is 23.2 Å².